The average molecular weight is 383 g/mol. The van der Waals surface area contributed by atoms with Gasteiger partial charge in [-0.2, -0.15) is 4.98 Å². The average Bonchev–Trinajstić information content (AvgIpc) is 2.72. The van der Waals surface area contributed by atoms with Crippen molar-refractivity contribution in [1.82, 2.24) is 15.3 Å². The van der Waals surface area contributed by atoms with Gasteiger partial charge in [-0.3, -0.25) is 4.79 Å². The van der Waals surface area contributed by atoms with Gasteiger partial charge in [-0.1, -0.05) is 30.3 Å². The zero-order chi connectivity index (χ0) is 19.6. The van der Waals surface area contributed by atoms with E-state index in [1.165, 1.54) is 19.3 Å². The fourth-order valence-electron chi connectivity index (χ4n) is 3.18. The van der Waals surface area contributed by atoms with Crippen molar-refractivity contribution in [3.8, 4) is 0 Å². The van der Waals surface area contributed by atoms with Crippen molar-refractivity contribution >= 4 is 17.7 Å². The van der Waals surface area contributed by atoms with E-state index in [0.717, 1.165) is 30.2 Å². The molecule has 2 N–H and O–H groups in total. The summed E-state index contributed by atoms with van der Waals surface area (Å²) in [4.78, 5) is 23.2. The first-order valence-corrected chi connectivity index (χ1v) is 9.93. The topological polar surface area (TPSA) is 79.4 Å². The van der Waals surface area contributed by atoms with Crippen molar-refractivity contribution in [3.63, 3.8) is 0 Å². The Kier molecular flexibility index (Phi) is 7.61. The maximum absolute atomic E-state index is 11.9. The molecule has 7 nitrogen and oxygen atoms in total. The number of aryl methyl sites for hydroxylation is 1. The Bertz CT molecular complexity index is 748. The number of anilines is 2. The number of benzene rings is 1. The number of hydrogen-bond acceptors (Lipinski definition) is 6. The van der Waals surface area contributed by atoms with Gasteiger partial charge in [-0.05, 0) is 31.7 Å². The molecule has 1 aromatic heterocycles. The van der Waals surface area contributed by atoms with Crippen molar-refractivity contribution in [2.75, 3.05) is 43.0 Å². The number of nitrogens with one attached hydrogen (secondary N) is 2. The van der Waals surface area contributed by atoms with Crippen LogP contribution in [0.2, 0.25) is 0 Å². The van der Waals surface area contributed by atoms with Gasteiger partial charge < -0.3 is 20.3 Å². The summed E-state index contributed by atoms with van der Waals surface area (Å²) in [7, 11) is 0. The molecule has 1 fully saturated rings. The van der Waals surface area contributed by atoms with Crippen LogP contribution in [0.15, 0.2) is 36.4 Å². The van der Waals surface area contributed by atoms with E-state index in [2.05, 4.69) is 25.5 Å². The largest absolute Gasteiger partial charge is 0.367 e. The van der Waals surface area contributed by atoms with E-state index < -0.39 is 0 Å². The van der Waals surface area contributed by atoms with Crippen molar-refractivity contribution in [2.24, 2.45) is 0 Å². The second-order valence-electron chi connectivity index (χ2n) is 6.99. The Morgan fingerprint density at radius 2 is 1.89 bits per heavy atom. The monoisotopic (exact) mass is 383 g/mol. The van der Waals surface area contributed by atoms with E-state index in [-0.39, 0.29) is 12.5 Å². The summed E-state index contributed by atoms with van der Waals surface area (Å²) in [5, 5.41) is 6.04. The zero-order valence-electron chi connectivity index (χ0n) is 16.5. The molecular formula is C21H29N5O2. The minimum Gasteiger partial charge on any atom is -0.367 e. The summed E-state index contributed by atoms with van der Waals surface area (Å²) in [5.41, 5.74) is 1.99. The maximum Gasteiger partial charge on any atom is 0.246 e. The molecule has 0 unspecified atom stereocenters. The van der Waals surface area contributed by atoms with Gasteiger partial charge in [-0.25, -0.2) is 4.98 Å². The lowest BCUT2D eigenvalue weighted by Crippen LogP contribution is -2.32. The molecule has 28 heavy (non-hydrogen) atoms. The van der Waals surface area contributed by atoms with E-state index in [1.54, 1.807) is 0 Å². The number of rotatable bonds is 9. The van der Waals surface area contributed by atoms with Gasteiger partial charge in [0.05, 0.1) is 6.61 Å². The molecule has 1 saturated heterocycles. The van der Waals surface area contributed by atoms with Crippen LogP contribution in [0.3, 0.4) is 0 Å². The molecule has 0 bridgehead atoms. The number of piperidine rings is 1. The number of amides is 1. The maximum atomic E-state index is 11.9. The molecule has 1 amide bonds. The molecule has 2 heterocycles. The van der Waals surface area contributed by atoms with Crippen LogP contribution in [-0.4, -0.2) is 48.7 Å². The number of hydrogen-bond donors (Lipinski definition) is 2. The predicted molar refractivity (Wildman–Crippen MR) is 110 cm³/mol. The fraction of sp³-hybridized carbons (Fsp3) is 0.476. The molecule has 3 rings (SSSR count). The van der Waals surface area contributed by atoms with Crippen LogP contribution >= 0.6 is 0 Å². The predicted octanol–water partition coefficient (Wildman–Crippen LogP) is 2.52. The number of aromatic nitrogens is 2. The highest BCUT2D eigenvalue weighted by Gasteiger charge is 2.13. The molecule has 7 heteroatoms. The Balaban J connectivity index is 1.36. The van der Waals surface area contributed by atoms with Crippen molar-refractivity contribution < 1.29 is 9.53 Å². The van der Waals surface area contributed by atoms with Crippen molar-refractivity contribution in [1.29, 1.82) is 0 Å². The third-order valence-electron chi connectivity index (χ3n) is 4.60. The lowest BCUT2D eigenvalue weighted by Gasteiger charge is -2.28. The highest BCUT2D eigenvalue weighted by Crippen LogP contribution is 2.19. The Labute approximate surface area is 166 Å². The van der Waals surface area contributed by atoms with Crippen molar-refractivity contribution in [3.05, 3.63) is 47.7 Å². The molecule has 1 aromatic carbocycles. The number of nitrogens with zero attached hydrogens (tertiary/aromatic N) is 3. The molecule has 0 spiro atoms. The molecule has 0 radical (unpaired) electrons. The zero-order valence-corrected chi connectivity index (χ0v) is 16.5. The first kappa shape index (κ1) is 20.1. The normalized spacial score (nSPS) is 14.0. The number of carbonyl (C=O) groups excluding carboxylic acids is 1. The highest BCUT2D eigenvalue weighted by molar-refractivity contribution is 5.77. The second-order valence-corrected chi connectivity index (χ2v) is 6.99. The summed E-state index contributed by atoms with van der Waals surface area (Å²) in [6.45, 7) is 5.62. The van der Waals surface area contributed by atoms with Crippen LogP contribution < -0.4 is 15.5 Å². The molecule has 1 aliphatic heterocycles. The first-order valence-electron chi connectivity index (χ1n) is 9.93. The lowest BCUT2D eigenvalue weighted by atomic mass is 10.1. The number of ether oxygens (including phenoxy) is 1. The van der Waals surface area contributed by atoms with E-state index in [4.69, 9.17) is 4.74 Å². The van der Waals surface area contributed by atoms with Gasteiger partial charge >= 0.3 is 0 Å². The summed E-state index contributed by atoms with van der Waals surface area (Å²) in [6, 6.07) is 11.8. The summed E-state index contributed by atoms with van der Waals surface area (Å²) < 4.78 is 5.43. The van der Waals surface area contributed by atoms with Crippen LogP contribution in [0.25, 0.3) is 0 Å². The molecule has 0 saturated carbocycles. The Morgan fingerprint density at radius 3 is 2.68 bits per heavy atom. The van der Waals surface area contributed by atoms with Gasteiger partial charge in [0.25, 0.3) is 0 Å². The smallest absolute Gasteiger partial charge is 0.246 e. The molecule has 0 atom stereocenters. The van der Waals surface area contributed by atoms with Gasteiger partial charge in [-0.15, -0.1) is 0 Å². The van der Waals surface area contributed by atoms with E-state index >= 15 is 0 Å². The Morgan fingerprint density at radius 1 is 1.11 bits per heavy atom. The summed E-state index contributed by atoms with van der Waals surface area (Å²) >= 11 is 0. The Hall–Kier alpha value is -2.67. The minimum atomic E-state index is -0.128. The fourth-order valence-corrected chi connectivity index (χ4v) is 3.18. The van der Waals surface area contributed by atoms with Gasteiger partial charge in [0.15, 0.2) is 0 Å². The SMILES string of the molecule is Cc1cc(N2CCCCC2)nc(NCCNC(=O)COCc2ccccc2)n1. The standard InChI is InChI=1S/C21H29N5O2/c1-17-14-19(26-12-6-3-7-13-26)25-21(24-17)23-11-10-22-20(27)16-28-15-18-8-4-2-5-9-18/h2,4-5,8-9,14H,3,6-7,10-13,15-16H2,1H3,(H,22,27)(H,23,24,25). The van der Waals surface area contributed by atoms with Gasteiger partial charge in [0, 0.05) is 37.9 Å². The van der Waals surface area contributed by atoms with Crippen LogP contribution in [0.4, 0.5) is 11.8 Å². The van der Waals surface area contributed by atoms with Crippen LogP contribution in [0.1, 0.15) is 30.5 Å². The van der Waals surface area contributed by atoms with Crippen LogP contribution in [0, 0.1) is 6.92 Å². The van der Waals surface area contributed by atoms with E-state index in [1.807, 2.05) is 43.3 Å². The first-order chi connectivity index (χ1) is 13.7. The third kappa shape index (κ3) is 6.49. The summed E-state index contributed by atoms with van der Waals surface area (Å²) in [6.07, 6.45) is 3.72. The quantitative estimate of drug-likeness (QED) is 0.648. The highest BCUT2D eigenvalue weighted by atomic mass is 16.5. The van der Waals surface area contributed by atoms with E-state index in [0.29, 0.717) is 25.6 Å². The van der Waals surface area contributed by atoms with E-state index in [9.17, 15) is 4.79 Å². The van der Waals surface area contributed by atoms with Crippen LogP contribution in [0.5, 0.6) is 0 Å². The molecule has 150 valence electrons. The number of carbonyl (C=O) groups is 1. The van der Waals surface area contributed by atoms with Crippen LogP contribution in [-0.2, 0) is 16.1 Å². The third-order valence-corrected chi connectivity index (χ3v) is 4.60. The van der Waals surface area contributed by atoms with Gasteiger partial charge in [0.1, 0.15) is 12.4 Å². The molecule has 1 aliphatic rings. The minimum absolute atomic E-state index is 0.0505. The van der Waals surface area contributed by atoms with Gasteiger partial charge in [0.2, 0.25) is 11.9 Å². The second kappa shape index (κ2) is 10.6. The van der Waals surface area contributed by atoms with Crippen molar-refractivity contribution in [2.45, 2.75) is 32.8 Å². The molecule has 0 aliphatic carbocycles. The lowest BCUT2D eigenvalue weighted by molar-refractivity contribution is -0.126. The molecular weight excluding hydrogens is 354 g/mol. The summed E-state index contributed by atoms with van der Waals surface area (Å²) in [5.74, 6) is 1.46. The molecule has 2 aromatic rings.